The number of halogens is 2. The van der Waals surface area contributed by atoms with Crippen LogP contribution in [0.3, 0.4) is 0 Å². The fourth-order valence-electron chi connectivity index (χ4n) is 2.00. The van der Waals surface area contributed by atoms with E-state index in [2.05, 4.69) is 5.32 Å². The molecular formula is C13H17F2NO. The molecule has 1 aliphatic heterocycles. The summed E-state index contributed by atoms with van der Waals surface area (Å²) >= 11 is 0. The first kappa shape index (κ1) is 12.5. The lowest BCUT2D eigenvalue weighted by Crippen LogP contribution is -2.31. The van der Waals surface area contributed by atoms with E-state index in [1.807, 2.05) is 0 Å². The Bertz CT molecular complexity index is 364. The van der Waals surface area contributed by atoms with E-state index in [4.69, 9.17) is 4.74 Å². The Balaban J connectivity index is 1.77. The summed E-state index contributed by atoms with van der Waals surface area (Å²) < 4.78 is 31.5. The van der Waals surface area contributed by atoms with Crippen molar-refractivity contribution in [3.05, 3.63) is 35.4 Å². The number of ether oxygens (including phenoxy) is 1. The van der Waals surface area contributed by atoms with Crippen LogP contribution < -0.4 is 5.32 Å². The first-order chi connectivity index (χ1) is 8.25. The van der Waals surface area contributed by atoms with E-state index in [1.165, 1.54) is 18.6 Å². The number of hydrogen-bond donors (Lipinski definition) is 1. The predicted molar refractivity (Wildman–Crippen MR) is 61.7 cm³/mol. The maximum Gasteiger partial charge on any atom is 0.130 e. The van der Waals surface area contributed by atoms with E-state index in [9.17, 15) is 8.78 Å². The van der Waals surface area contributed by atoms with Crippen LogP contribution in [-0.4, -0.2) is 19.3 Å². The van der Waals surface area contributed by atoms with E-state index >= 15 is 0 Å². The van der Waals surface area contributed by atoms with Crippen LogP contribution in [0.1, 0.15) is 24.8 Å². The smallest absolute Gasteiger partial charge is 0.130 e. The number of benzene rings is 1. The fourth-order valence-corrected chi connectivity index (χ4v) is 2.00. The van der Waals surface area contributed by atoms with Gasteiger partial charge in [-0.05, 0) is 25.3 Å². The van der Waals surface area contributed by atoms with Gasteiger partial charge in [-0.15, -0.1) is 0 Å². The molecule has 1 fully saturated rings. The Labute approximate surface area is 100.0 Å². The van der Waals surface area contributed by atoms with Gasteiger partial charge in [0.1, 0.15) is 11.6 Å². The maximum absolute atomic E-state index is 13.3. The molecule has 0 aromatic heterocycles. The lowest BCUT2D eigenvalue weighted by molar-refractivity contribution is 0.0167. The molecule has 1 heterocycles. The molecule has 94 valence electrons. The van der Waals surface area contributed by atoms with Crippen LogP contribution in [0.2, 0.25) is 0 Å². The first-order valence-electron chi connectivity index (χ1n) is 6.02. The summed E-state index contributed by atoms with van der Waals surface area (Å²) in [7, 11) is 0. The molecule has 1 aliphatic rings. The maximum atomic E-state index is 13.3. The summed E-state index contributed by atoms with van der Waals surface area (Å²) in [4.78, 5) is 0. The van der Waals surface area contributed by atoms with E-state index < -0.39 is 11.6 Å². The molecule has 1 unspecified atom stereocenters. The largest absolute Gasteiger partial charge is 0.377 e. The molecule has 0 bridgehead atoms. The van der Waals surface area contributed by atoms with Crippen molar-refractivity contribution in [1.82, 2.24) is 5.32 Å². The minimum absolute atomic E-state index is 0.229. The molecule has 0 saturated carbocycles. The lowest BCUT2D eigenvalue weighted by atomic mass is 10.1. The second-order valence-corrected chi connectivity index (χ2v) is 4.36. The molecule has 2 nitrogen and oxygen atoms in total. The normalized spacial score (nSPS) is 20.5. The summed E-state index contributed by atoms with van der Waals surface area (Å²) in [5.74, 6) is -1.04. The minimum atomic E-state index is -0.540. The summed E-state index contributed by atoms with van der Waals surface area (Å²) in [6, 6.07) is 3.66. The minimum Gasteiger partial charge on any atom is -0.377 e. The Morgan fingerprint density at radius 1 is 1.29 bits per heavy atom. The summed E-state index contributed by atoms with van der Waals surface area (Å²) in [6.07, 6.45) is 3.60. The van der Waals surface area contributed by atoms with Crippen molar-refractivity contribution in [2.75, 3.05) is 13.2 Å². The molecule has 1 N–H and O–H groups in total. The van der Waals surface area contributed by atoms with Gasteiger partial charge in [0.15, 0.2) is 0 Å². The number of hydrogen-bond acceptors (Lipinski definition) is 2. The standard InChI is InChI=1S/C13H17F2NO/c14-11-5-4-10(13(15)7-11)8-16-9-12-3-1-2-6-17-12/h4-5,7,12,16H,1-3,6,8-9H2. The second-order valence-electron chi connectivity index (χ2n) is 4.36. The topological polar surface area (TPSA) is 21.3 Å². The van der Waals surface area contributed by atoms with Crippen LogP contribution in [0.15, 0.2) is 18.2 Å². The summed E-state index contributed by atoms with van der Waals surface area (Å²) in [5, 5.41) is 3.14. The zero-order valence-corrected chi connectivity index (χ0v) is 9.72. The Hall–Kier alpha value is -1.00. The van der Waals surface area contributed by atoms with Crippen molar-refractivity contribution in [2.45, 2.75) is 31.9 Å². The monoisotopic (exact) mass is 241 g/mol. The second kappa shape index (κ2) is 6.07. The predicted octanol–water partition coefficient (Wildman–Crippen LogP) is 2.62. The van der Waals surface area contributed by atoms with E-state index in [1.54, 1.807) is 0 Å². The highest BCUT2D eigenvalue weighted by Gasteiger charge is 2.13. The van der Waals surface area contributed by atoms with Crippen molar-refractivity contribution in [3.63, 3.8) is 0 Å². The molecule has 2 rings (SSSR count). The van der Waals surface area contributed by atoms with Crippen LogP contribution in [0, 0.1) is 11.6 Å². The first-order valence-corrected chi connectivity index (χ1v) is 6.02. The Morgan fingerprint density at radius 3 is 2.88 bits per heavy atom. The molecule has 0 radical (unpaired) electrons. The van der Waals surface area contributed by atoms with Crippen molar-refractivity contribution in [2.24, 2.45) is 0 Å². The van der Waals surface area contributed by atoms with Gasteiger partial charge in [0.05, 0.1) is 6.10 Å². The highest BCUT2D eigenvalue weighted by atomic mass is 19.1. The zero-order valence-electron chi connectivity index (χ0n) is 9.72. The third kappa shape index (κ3) is 3.75. The van der Waals surface area contributed by atoms with Crippen molar-refractivity contribution in [1.29, 1.82) is 0 Å². The SMILES string of the molecule is Fc1ccc(CNCC2CCCCO2)c(F)c1. The zero-order chi connectivity index (χ0) is 12.1. The fraction of sp³-hybridized carbons (Fsp3) is 0.538. The van der Waals surface area contributed by atoms with Gasteiger partial charge in [0.25, 0.3) is 0 Å². The molecule has 1 aromatic carbocycles. The average Bonchev–Trinajstić information content (AvgIpc) is 2.33. The molecule has 1 atom stereocenters. The van der Waals surface area contributed by atoms with Gasteiger partial charge in [-0.2, -0.15) is 0 Å². The van der Waals surface area contributed by atoms with Crippen LogP contribution in [0.25, 0.3) is 0 Å². The molecule has 1 saturated heterocycles. The van der Waals surface area contributed by atoms with Gasteiger partial charge in [-0.1, -0.05) is 6.07 Å². The highest BCUT2D eigenvalue weighted by molar-refractivity contribution is 5.18. The van der Waals surface area contributed by atoms with Crippen LogP contribution in [-0.2, 0) is 11.3 Å². The quantitative estimate of drug-likeness (QED) is 0.875. The Kier molecular flexibility index (Phi) is 4.45. The van der Waals surface area contributed by atoms with Crippen LogP contribution in [0.5, 0.6) is 0 Å². The van der Waals surface area contributed by atoms with E-state index in [-0.39, 0.29) is 6.10 Å². The van der Waals surface area contributed by atoms with Gasteiger partial charge in [0, 0.05) is 31.3 Å². The molecule has 0 spiro atoms. The summed E-state index contributed by atoms with van der Waals surface area (Å²) in [5.41, 5.74) is 0.488. The van der Waals surface area contributed by atoms with Gasteiger partial charge < -0.3 is 10.1 Å². The summed E-state index contributed by atoms with van der Waals surface area (Å²) in [6.45, 7) is 1.94. The van der Waals surface area contributed by atoms with E-state index in [0.29, 0.717) is 12.1 Å². The molecule has 0 amide bonds. The highest BCUT2D eigenvalue weighted by Crippen LogP contribution is 2.12. The number of nitrogens with one attached hydrogen (secondary N) is 1. The van der Waals surface area contributed by atoms with E-state index in [0.717, 1.165) is 32.1 Å². The molecule has 0 aliphatic carbocycles. The van der Waals surface area contributed by atoms with Gasteiger partial charge in [-0.25, -0.2) is 8.78 Å². The van der Waals surface area contributed by atoms with Gasteiger partial charge in [-0.3, -0.25) is 0 Å². The van der Waals surface area contributed by atoms with Gasteiger partial charge in [0.2, 0.25) is 0 Å². The average molecular weight is 241 g/mol. The third-order valence-electron chi connectivity index (χ3n) is 2.98. The van der Waals surface area contributed by atoms with Crippen LogP contribution in [0.4, 0.5) is 8.78 Å². The lowest BCUT2D eigenvalue weighted by Gasteiger charge is -2.22. The van der Waals surface area contributed by atoms with Gasteiger partial charge >= 0.3 is 0 Å². The number of rotatable bonds is 4. The molecule has 1 aromatic rings. The third-order valence-corrected chi connectivity index (χ3v) is 2.98. The molecular weight excluding hydrogens is 224 g/mol. The molecule has 4 heteroatoms. The van der Waals surface area contributed by atoms with Crippen LogP contribution >= 0.6 is 0 Å². The Morgan fingerprint density at radius 2 is 2.18 bits per heavy atom. The van der Waals surface area contributed by atoms with Crippen molar-refractivity contribution >= 4 is 0 Å². The molecule has 17 heavy (non-hydrogen) atoms. The van der Waals surface area contributed by atoms with Crippen molar-refractivity contribution in [3.8, 4) is 0 Å². The van der Waals surface area contributed by atoms with Crippen molar-refractivity contribution < 1.29 is 13.5 Å².